The first-order chi connectivity index (χ1) is 15.7. The molecule has 1 aliphatic carbocycles. The van der Waals surface area contributed by atoms with Gasteiger partial charge in [-0.25, -0.2) is 8.78 Å². The van der Waals surface area contributed by atoms with Gasteiger partial charge in [0.1, 0.15) is 17.0 Å². The molecule has 0 aromatic heterocycles. The molecule has 0 amide bonds. The predicted octanol–water partition coefficient (Wildman–Crippen LogP) is 5.00. The van der Waals surface area contributed by atoms with Crippen LogP contribution in [0.1, 0.15) is 55.2 Å². The molecule has 1 fully saturated rings. The van der Waals surface area contributed by atoms with Crippen LogP contribution in [0.2, 0.25) is 0 Å². The first kappa shape index (κ1) is 25.6. The molecule has 8 heteroatoms. The van der Waals surface area contributed by atoms with Crippen LogP contribution < -0.4 is 4.72 Å². The van der Waals surface area contributed by atoms with Crippen LogP contribution in [0.3, 0.4) is 0 Å². The lowest BCUT2D eigenvalue weighted by Gasteiger charge is -2.51. The number of halogens is 2. The van der Waals surface area contributed by atoms with E-state index in [9.17, 15) is 9.90 Å². The van der Waals surface area contributed by atoms with Gasteiger partial charge in [0.25, 0.3) is 0 Å². The van der Waals surface area contributed by atoms with Crippen molar-refractivity contribution in [3.8, 4) is 0 Å². The Morgan fingerprint density at radius 3 is 2.30 bits per heavy atom. The van der Waals surface area contributed by atoms with E-state index in [-0.39, 0.29) is 35.9 Å². The zero-order valence-corrected chi connectivity index (χ0v) is 20.0. The molecule has 1 unspecified atom stereocenters. The minimum Gasteiger partial charge on any atom is -0.481 e. The van der Waals surface area contributed by atoms with Crippen molar-refractivity contribution in [2.45, 2.75) is 62.2 Å². The topological polar surface area (TPSA) is 67.8 Å². The van der Waals surface area contributed by atoms with E-state index in [4.69, 9.17) is 9.47 Å². The Bertz CT molecular complexity index is 960. The van der Waals surface area contributed by atoms with Crippen LogP contribution in [0.5, 0.6) is 0 Å². The summed E-state index contributed by atoms with van der Waals surface area (Å²) in [7, 11) is 2.81. The molecule has 2 N–H and O–H groups in total. The normalized spacial score (nSPS) is 18.4. The number of carboxylic acid groups (broad SMARTS) is 1. The summed E-state index contributed by atoms with van der Waals surface area (Å²) in [6, 6.07) is 12.1. The first-order valence-corrected chi connectivity index (χ1v) is 11.4. The number of hydrogen-bond donors (Lipinski definition) is 3. The van der Waals surface area contributed by atoms with Gasteiger partial charge in [0.2, 0.25) is 0 Å². The largest absolute Gasteiger partial charge is 0.481 e. The van der Waals surface area contributed by atoms with E-state index in [0.29, 0.717) is 6.42 Å². The van der Waals surface area contributed by atoms with Crippen LogP contribution in [-0.4, -0.2) is 37.1 Å². The van der Waals surface area contributed by atoms with Crippen molar-refractivity contribution >= 4 is 18.8 Å². The summed E-state index contributed by atoms with van der Waals surface area (Å²) in [5.74, 6) is -3.71. The molecule has 0 aliphatic heterocycles. The Morgan fingerprint density at radius 1 is 1.12 bits per heavy atom. The second-order valence-electron chi connectivity index (χ2n) is 8.90. The molecular formula is C25H31F2NO4S. The van der Waals surface area contributed by atoms with Crippen molar-refractivity contribution in [3.63, 3.8) is 0 Å². The Morgan fingerprint density at radius 2 is 1.76 bits per heavy atom. The molecule has 0 saturated heterocycles. The highest BCUT2D eigenvalue weighted by atomic mass is 32.1. The molecule has 0 bridgehead atoms. The maximum atomic E-state index is 15.3. The third-order valence-electron chi connectivity index (χ3n) is 6.85. The van der Waals surface area contributed by atoms with Crippen molar-refractivity contribution in [2.75, 3.05) is 14.2 Å². The van der Waals surface area contributed by atoms with Crippen molar-refractivity contribution < 1.29 is 28.2 Å². The third-order valence-corrected chi connectivity index (χ3v) is 7.29. The molecule has 1 saturated carbocycles. The number of aliphatic carboxylic acids is 1. The van der Waals surface area contributed by atoms with E-state index in [2.05, 4.69) is 17.5 Å². The summed E-state index contributed by atoms with van der Waals surface area (Å²) < 4.78 is 44.0. The van der Waals surface area contributed by atoms with Gasteiger partial charge in [-0.2, -0.15) is 0 Å². The summed E-state index contributed by atoms with van der Waals surface area (Å²) in [5, 5.41) is 9.87. The average molecular weight is 480 g/mol. The zero-order valence-electron chi connectivity index (χ0n) is 19.1. The fraction of sp³-hybridized carbons (Fsp3) is 0.480. The molecule has 2 aromatic carbocycles. The van der Waals surface area contributed by atoms with Crippen molar-refractivity contribution in [3.05, 3.63) is 70.8 Å². The number of methoxy groups -OCH3 is 2. The second-order valence-corrected chi connectivity index (χ2v) is 9.16. The van der Waals surface area contributed by atoms with E-state index >= 15 is 8.78 Å². The Kier molecular flexibility index (Phi) is 8.16. The lowest BCUT2D eigenvalue weighted by atomic mass is 9.60. The Labute approximate surface area is 199 Å². The molecular weight excluding hydrogens is 448 g/mol. The molecule has 2 aromatic rings. The van der Waals surface area contributed by atoms with Gasteiger partial charge < -0.3 is 14.6 Å². The molecule has 180 valence electrons. The summed E-state index contributed by atoms with van der Waals surface area (Å²) in [6.45, 7) is 2.01. The van der Waals surface area contributed by atoms with Crippen LogP contribution in [0, 0.1) is 11.6 Å². The minimum atomic E-state index is -1.60. The van der Waals surface area contributed by atoms with E-state index < -0.39 is 28.8 Å². The van der Waals surface area contributed by atoms with Crippen molar-refractivity contribution in [2.24, 2.45) is 0 Å². The standard InChI is InChI=1S/C25H31F2NO4S/c1-16(28-33)9-10-18(17-7-5-4-6-8-17)11-19-12-22(27)20(13-21(19)26)24(23(29)30)14-25(15-24,31-2)32-3/h4-8,12-13,16,18,28,33H,9-11,14-15H2,1-3H3,(H,29,30)/t16-,18?/m0/s1. The lowest BCUT2D eigenvalue weighted by molar-refractivity contribution is -0.278. The maximum Gasteiger partial charge on any atom is 0.314 e. The van der Waals surface area contributed by atoms with E-state index in [1.807, 2.05) is 37.3 Å². The summed E-state index contributed by atoms with van der Waals surface area (Å²) >= 11 is 4.10. The van der Waals surface area contributed by atoms with E-state index in [1.165, 1.54) is 14.2 Å². The van der Waals surface area contributed by atoms with E-state index in [0.717, 1.165) is 30.5 Å². The number of ether oxygens (including phenoxy) is 2. The molecule has 0 spiro atoms. The minimum absolute atomic E-state index is 0.0261. The van der Waals surface area contributed by atoms with E-state index in [1.54, 1.807) is 0 Å². The highest BCUT2D eigenvalue weighted by molar-refractivity contribution is 7.78. The first-order valence-electron chi connectivity index (χ1n) is 11.0. The van der Waals surface area contributed by atoms with Gasteiger partial charge in [-0.15, -0.1) is 0 Å². The number of benzene rings is 2. The van der Waals surface area contributed by atoms with Gasteiger partial charge in [-0.1, -0.05) is 43.1 Å². The van der Waals surface area contributed by atoms with Gasteiger partial charge in [0.15, 0.2) is 5.79 Å². The molecule has 0 heterocycles. The van der Waals surface area contributed by atoms with Crippen LogP contribution in [0.15, 0.2) is 42.5 Å². The molecule has 5 nitrogen and oxygen atoms in total. The maximum absolute atomic E-state index is 15.3. The van der Waals surface area contributed by atoms with Gasteiger partial charge in [-0.05, 0) is 55.4 Å². The highest BCUT2D eigenvalue weighted by Gasteiger charge is 2.62. The van der Waals surface area contributed by atoms with Crippen molar-refractivity contribution in [1.82, 2.24) is 4.72 Å². The van der Waals surface area contributed by atoms with Crippen LogP contribution >= 0.6 is 12.8 Å². The summed E-state index contributed by atoms with van der Waals surface area (Å²) in [6.07, 6.45) is 1.67. The SMILES string of the molecule is COC1(OC)CC(C(=O)O)(c2cc(F)c(CC(CC[C@H](C)NS)c3ccccc3)cc2F)C1. The monoisotopic (exact) mass is 479 g/mol. The number of rotatable bonds is 11. The molecule has 3 rings (SSSR count). The van der Waals surface area contributed by atoms with Crippen LogP contribution in [0.25, 0.3) is 0 Å². The Balaban J connectivity index is 1.90. The molecule has 1 aliphatic rings. The summed E-state index contributed by atoms with van der Waals surface area (Å²) in [4.78, 5) is 12.1. The quantitative estimate of drug-likeness (QED) is 0.313. The van der Waals surface area contributed by atoms with Gasteiger partial charge in [-0.3, -0.25) is 9.52 Å². The van der Waals surface area contributed by atoms with Gasteiger partial charge >= 0.3 is 5.97 Å². The molecule has 33 heavy (non-hydrogen) atoms. The zero-order chi connectivity index (χ0) is 24.2. The fourth-order valence-corrected chi connectivity index (χ4v) is 4.83. The average Bonchev–Trinajstić information content (AvgIpc) is 2.79. The van der Waals surface area contributed by atoms with Crippen LogP contribution in [-0.2, 0) is 26.1 Å². The second kappa shape index (κ2) is 10.5. The number of carbonyl (C=O) groups is 1. The Hall–Kier alpha value is -2.00. The molecule has 0 radical (unpaired) electrons. The molecule has 2 atom stereocenters. The third kappa shape index (κ3) is 5.24. The van der Waals surface area contributed by atoms with Crippen molar-refractivity contribution in [1.29, 1.82) is 0 Å². The summed E-state index contributed by atoms with van der Waals surface area (Å²) in [5.41, 5.74) is -0.507. The lowest BCUT2D eigenvalue weighted by Crippen LogP contribution is -2.61. The number of thiol groups is 1. The highest BCUT2D eigenvalue weighted by Crippen LogP contribution is 2.53. The van der Waals surface area contributed by atoms with Gasteiger partial charge in [0, 0.05) is 38.7 Å². The number of carboxylic acids is 1. The van der Waals surface area contributed by atoms with Crippen LogP contribution in [0.4, 0.5) is 8.78 Å². The number of nitrogens with one attached hydrogen (secondary N) is 1. The fourth-order valence-electron chi connectivity index (χ4n) is 4.70. The number of hydrogen-bond acceptors (Lipinski definition) is 5. The smallest absolute Gasteiger partial charge is 0.314 e. The van der Waals surface area contributed by atoms with Gasteiger partial charge in [0.05, 0.1) is 0 Å². The predicted molar refractivity (Wildman–Crippen MR) is 125 cm³/mol.